The lowest BCUT2D eigenvalue weighted by Gasteiger charge is -2.29. The van der Waals surface area contributed by atoms with Gasteiger partial charge in [-0.3, -0.25) is 14.5 Å². The van der Waals surface area contributed by atoms with Crippen LogP contribution in [-0.2, 0) is 11.2 Å². The van der Waals surface area contributed by atoms with Gasteiger partial charge in [0.05, 0.1) is 0 Å². The summed E-state index contributed by atoms with van der Waals surface area (Å²) >= 11 is 0. The van der Waals surface area contributed by atoms with E-state index in [0.29, 0.717) is 5.56 Å². The maximum Gasteiger partial charge on any atom is 0.442 e. The van der Waals surface area contributed by atoms with Crippen LogP contribution in [0.3, 0.4) is 0 Å². The Kier molecular flexibility index (Phi) is 6.19. The molecule has 0 fully saturated rings. The van der Waals surface area contributed by atoms with E-state index in [1.54, 1.807) is 53.8 Å². The number of alkyl halides is 3. The number of rotatable bonds is 6. The van der Waals surface area contributed by atoms with Crippen LogP contribution in [0.1, 0.15) is 21.5 Å². The molecule has 0 spiro atoms. The molecule has 0 saturated heterocycles. The van der Waals surface area contributed by atoms with Crippen LogP contribution in [0.4, 0.5) is 17.6 Å². The van der Waals surface area contributed by atoms with Gasteiger partial charge in [0, 0.05) is 17.7 Å². The van der Waals surface area contributed by atoms with Crippen molar-refractivity contribution in [3.8, 4) is 0 Å². The summed E-state index contributed by atoms with van der Waals surface area (Å²) in [7, 11) is 0. The van der Waals surface area contributed by atoms with E-state index in [9.17, 15) is 27.2 Å². The predicted octanol–water partition coefficient (Wildman–Crippen LogP) is 4.35. The number of amidine groups is 1. The fourth-order valence-corrected chi connectivity index (χ4v) is 3.63. The zero-order valence-corrected chi connectivity index (χ0v) is 17.7. The van der Waals surface area contributed by atoms with Gasteiger partial charge in [0.2, 0.25) is 0 Å². The molecule has 1 aliphatic rings. The molecular weight excluding hydrogens is 450 g/mol. The highest BCUT2D eigenvalue weighted by atomic mass is 19.4. The van der Waals surface area contributed by atoms with Gasteiger partial charge in [-0.05, 0) is 36.2 Å². The number of hydrogen-bond acceptors (Lipinski definition) is 3. The Labute approximate surface area is 192 Å². The van der Waals surface area contributed by atoms with Crippen molar-refractivity contribution in [3.05, 3.63) is 107 Å². The number of benzene rings is 3. The van der Waals surface area contributed by atoms with E-state index in [1.165, 1.54) is 12.1 Å². The molecule has 2 amide bonds. The lowest BCUT2D eigenvalue weighted by Crippen LogP contribution is -2.63. The Morgan fingerprint density at radius 3 is 2.09 bits per heavy atom. The first kappa shape index (κ1) is 23.2. The van der Waals surface area contributed by atoms with Crippen molar-refractivity contribution in [2.75, 3.05) is 6.54 Å². The van der Waals surface area contributed by atoms with Gasteiger partial charge < -0.3 is 5.32 Å². The number of hydrogen-bond donors (Lipinski definition) is 1. The Morgan fingerprint density at radius 1 is 0.912 bits per heavy atom. The molecular formula is C25H19F4N3O2. The number of aliphatic imine (C=N–C) groups is 1. The summed E-state index contributed by atoms with van der Waals surface area (Å²) in [6.07, 6.45) is -4.96. The molecule has 5 nitrogen and oxygen atoms in total. The number of amides is 2. The summed E-state index contributed by atoms with van der Waals surface area (Å²) in [5.74, 6) is -3.47. The first-order chi connectivity index (χ1) is 16.2. The first-order valence-electron chi connectivity index (χ1n) is 10.4. The zero-order chi connectivity index (χ0) is 24.3. The second kappa shape index (κ2) is 9.09. The molecule has 0 bridgehead atoms. The number of carbonyl (C=O) groups excluding carboxylic acids is 2. The maximum absolute atomic E-state index is 14.4. The summed E-state index contributed by atoms with van der Waals surface area (Å²) in [6, 6.07) is 20.9. The highest BCUT2D eigenvalue weighted by molar-refractivity contribution is 6.16. The lowest BCUT2D eigenvalue weighted by atomic mass is 10.1. The fraction of sp³-hybridized carbons (Fsp3) is 0.160. The smallest absolute Gasteiger partial charge is 0.312 e. The average molecular weight is 469 g/mol. The van der Waals surface area contributed by atoms with Gasteiger partial charge in [0.15, 0.2) is 0 Å². The number of nitrogens with zero attached hydrogens (tertiary/aromatic N) is 2. The van der Waals surface area contributed by atoms with E-state index >= 15 is 0 Å². The van der Waals surface area contributed by atoms with Gasteiger partial charge in [-0.2, -0.15) is 13.2 Å². The van der Waals surface area contributed by atoms with Gasteiger partial charge in [0.1, 0.15) is 11.7 Å². The Bertz CT molecular complexity index is 1210. The van der Waals surface area contributed by atoms with Crippen LogP contribution in [0, 0.1) is 5.82 Å². The zero-order valence-electron chi connectivity index (χ0n) is 17.7. The minimum Gasteiger partial charge on any atom is -0.312 e. The van der Waals surface area contributed by atoms with E-state index in [0.717, 1.165) is 34.7 Å². The van der Waals surface area contributed by atoms with E-state index in [1.807, 2.05) is 0 Å². The van der Waals surface area contributed by atoms with Crippen molar-refractivity contribution in [2.24, 2.45) is 4.99 Å². The van der Waals surface area contributed by atoms with Crippen LogP contribution < -0.4 is 5.32 Å². The van der Waals surface area contributed by atoms with Crippen LogP contribution in [-0.4, -0.2) is 40.9 Å². The maximum atomic E-state index is 14.4. The second-order valence-corrected chi connectivity index (χ2v) is 7.66. The Morgan fingerprint density at radius 2 is 1.50 bits per heavy atom. The molecule has 1 heterocycles. The van der Waals surface area contributed by atoms with Crippen LogP contribution in [0.25, 0.3) is 0 Å². The van der Waals surface area contributed by atoms with Crippen LogP contribution in [0.2, 0.25) is 0 Å². The Hall–Kier alpha value is -4.01. The minimum atomic E-state index is -5.23. The van der Waals surface area contributed by atoms with Gasteiger partial charge >= 0.3 is 11.8 Å². The normalized spacial score (nSPS) is 18.1. The number of carbonyl (C=O) groups is 2. The predicted molar refractivity (Wildman–Crippen MR) is 117 cm³/mol. The van der Waals surface area contributed by atoms with Crippen molar-refractivity contribution < 1.29 is 27.2 Å². The fourth-order valence-electron chi connectivity index (χ4n) is 3.63. The third-order valence-electron chi connectivity index (χ3n) is 5.39. The third kappa shape index (κ3) is 4.41. The van der Waals surface area contributed by atoms with Gasteiger partial charge in [0.25, 0.3) is 11.8 Å². The summed E-state index contributed by atoms with van der Waals surface area (Å²) in [6.45, 7) is -0.0825. The minimum absolute atomic E-state index is 0.0825. The summed E-state index contributed by atoms with van der Waals surface area (Å²) in [4.78, 5) is 30.7. The number of halogens is 4. The topological polar surface area (TPSA) is 61.8 Å². The molecule has 0 aromatic heterocycles. The lowest BCUT2D eigenvalue weighted by molar-refractivity contribution is -0.196. The van der Waals surface area contributed by atoms with E-state index in [4.69, 9.17) is 0 Å². The standard InChI is InChI=1S/C25H19F4N3O2/c26-20-13-11-19(12-14-20)22(33)31-24(25(27,28)29)23(34)32(16-15-17-7-3-1-4-8-17)21(30-24)18-9-5-2-6-10-18/h1-14H,15-16H2,(H,31,33)/t24-/m1/s1. The average Bonchev–Trinajstić information content (AvgIpc) is 3.12. The van der Waals surface area contributed by atoms with Crippen molar-refractivity contribution >= 4 is 17.6 Å². The van der Waals surface area contributed by atoms with Crippen LogP contribution >= 0.6 is 0 Å². The van der Waals surface area contributed by atoms with Crippen molar-refractivity contribution in [1.82, 2.24) is 10.2 Å². The van der Waals surface area contributed by atoms with Crippen molar-refractivity contribution in [1.29, 1.82) is 0 Å². The molecule has 1 atom stereocenters. The Balaban J connectivity index is 1.74. The molecule has 9 heteroatoms. The van der Waals surface area contributed by atoms with Crippen LogP contribution in [0.5, 0.6) is 0 Å². The second-order valence-electron chi connectivity index (χ2n) is 7.66. The molecule has 4 rings (SSSR count). The highest BCUT2D eigenvalue weighted by Crippen LogP contribution is 2.38. The van der Waals surface area contributed by atoms with Crippen molar-refractivity contribution in [3.63, 3.8) is 0 Å². The largest absolute Gasteiger partial charge is 0.442 e. The molecule has 0 aliphatic carbocycles. The van der Waals surface area contributed by atoms with E-state index < -0.39 is 29.5 Å². The summed E-state index contributed by atoms with van der Waals surface area (Å²) in [5, 5.41) is 1.78. The quantitative estimate of drug-likeness (QED) is 0.546. The molecule has 1 aliphatic heterocycles. The summed E-state index contributed by atoms with van der Waals surface area (Å²) < 4.78 is 56.4. The third-order valence-corrected chi connectivity index (χ3v) is 5.39. The number of nitrogens with one attached hydrogen (secondary N) is 1. The monoisotopic (exact) mass is 469 g/mol. The van der Waals surface area contributed by atoms with E-state index in [2.05, 4.69) is 4.99 Å². The molecule has 0 unspecified atom stereocenters. The summed E-state index contributed by atoms with van der Waals surface area (Å²) in [5.41, 5.74) is -2.63. The highest BCUT2D eigenvalue weighted by Gasteiger charge is 2.67. The molecule has 3 aromatic carbocycles. The van der Waals surface area contributed by atoms with Gasteiger partial charge in [-0.15, -0.1) is 0 Å². The first-order valence-corrected chi connectivity index (χ1v) is 10.4. The molecule has 0 radical (unpaired) electrons. The van der Waals surface area contributed by atoms with Crippen molar-refractivity contribution in [2.45, 2.75) is 18.3 Å². The van der Waals surface area contributed by atoms with Gasteiger partial charge in [-0.1, -0.05) is 60.7 Å². The van der Waals surface area contributed by atoms with Gasteiger partial charge in [-0.25, -0.2) is 9.38 Å². The van der Waals surface area contributed by atoms with Crippen LogP contribution in [0.15, 0.2) is 89.9 Å². The molecule has 3 aromatic rings. The molecule has 1 N–H and O–H groups in total. The molecule has 0 saturated carbocycles. The van der Waals surface area contributed by atoms with E-state index in [-0.39, 0.29) is 24.4 Å². The molecule has 34 heavy (non-hydrogen) atoms. The molecule has 174 valence electrons. The SMILES string of the molecule is O=C(N[C@]1(C(F)(F)F)N=C(c2ccccc2)N(CCc2ccccc2)C1=O)c1ccc(F)cc1.